The first-order valence-corrected chi connectivity index (χ1v) is 16.4. The SMILES string of the molecule is O=C(OCc1ccccc1)N1CC[C@@]23CCCC[C@@H]2[C@@H]1Cc1ccc(OCOC(=O)C24CC5CC(CC(C5)C2)C4)cc13. The molecule has 0 spiro atoms. The molecule has 0 radical (unpaired) electrons. The summed E-state index contributed by atoms with van der Waals surface area (Å²) in [6.07, 6.45) is 13.3. The van der Waals surface area contributed by atoms with Crippen LogP contribution in [0.2, 0.25) is 0 Å². The van der Waals surface area contributed by atoms with Crippen molar-refractivity contribution in [2.75, 3.05) is 13.3 Å². The largest absolute Gasteiger partial charge is 0.457 e. The van der Waals surface area contributed by atoms with Crippen LogP contribution in [0.1, 0.15) is 87.3 Å². The quantitative estimate of drug-likeness (QED) is 0.272. The fourth-order valence-electron chi connectivity index (χ4n) is 10.8. The standard InChI is InChI=1S/C36H43NO5/c38-33(35-19-25-14-26(20-35)16-27(15-25)21-35)42-23-41-29-10-9-28-17-32-30-8-4-5-11-36(30,31(28)18-29)12-13-37(32)34(39)40-22-24-6-2-1-3-7-24/h1-3,6-7,9-10,18,25-27,30,32H,4-5,8,11-17,19-23H2/t25?,26?,27?,30-,32+,35?,36+/m1/s1. The lowest BCUT2D eigenvalue weighted by molar-refractivity contribution is -0.177. The van der Waals surface area contributed by atoms with Gasteiger partial charge in [-0.15, -0.1) is 0 Å². The van der Waals surface area contributed by atoms with Crippen molar-refractivity contribution in [3.8, 4) is 5.75 Å². The molecule has 1 amide bonds. The van der Waals surface area contributed by atoms with E-state index in [4.69, 9.17) is 14.2 Å². The van der Waals surface area contributed by atoms with Crippen molar-refractivity contribution in [3.05, 3.63) is 65.2 Å². The van der Waals surface area contributed by atoms with Crippen LogP contribution >= 0.6 is 0 Å². The highest BCUT2D eigenvalue weighted by molar-refractivity contribution is 5.77. The predicted octanol–water partition coefficient (Wildman–Crippen LogP) is 7.18. The van der Waals surface area contributed by atoms with Gasteiger partial charge in [-0.1, -0.05) is 49.2 Å². The fourth-order valence-corrected chi connectivity index (χ4v) is 10.8. The lowest BCUT2D eigenvalue weighted by atomic mass is 9.49. The van der Waals surface area contributed by atoms with Gasteiger partial charge in [-0.3, -0.25) is 4.79 Å². The van der Waals surface area contributed by atoms with E-state index in [0.717, 1.165) is 62.8 Å². The molecule has 6 bridgehead atoms. The average Bonchev–Trinajstić information content (AvgIpc) is 3.00. The molecule has 6 fully saturated rings. The van der Waals surface area contributed by atoms with Crippen LogP contribution in [0.4, 0.5) is 4.79 Å². The molecule has 0 N–H and O–H groups in total. The zero-order chi connectivity index (χ0) is 28.3. The highest BCUT2D eigenvalue weighted by Crippen LogP contribution is 2.60. The molecule has 1 saturated heterocycles. The molecule has 9 rings (SSSR count). The molecule has 0 unspecified atom stereocenters. The number of hydrogen-bond acceptors (Lipinski definition) is 5. The Hall–Kier alpha value is -3.02. The number of piperidine rings is 1. The van der Waals surface area contributed by atoms with Gasteiger partial charge in [-0.25, -0.2) is 4.79 Å². The third-order valence-corrected chi connectivity index (χ3v) is 12.1. The number of hydrogen-bond donors (Lipinski definition) is 0. The van der Waals surface area contributed by atoms with Crippen LogP contribution in [-0.2, 0) is 32.7 Å². The van der Waals surface area contributed by atoms with Crippen LogP contribution in [0.15, 0.2) is 48.5 Å². The second-order valence-electron chi connectivity index (χ2n) is 14.5. The number of likely N-dealkylation sites (tertiary alicyclic amines) is 1. The first kappa shape index (κ1) is 26.6. The van der Waals surface area contributed by atoms with Crippen molar-refractivity contribution in [2.45, 2.75) is 95.1 Å². The summed E-state index contributed by atoms with van der Waals surface area (Å²) in [5.74, 6) is 3.34. The molecule has 6 heteroatoms. The van der Waals surface area contributed by atoms with Crippen molar-refractivity contribution in [1.29, 1.82) is 0 Å². The molecule has 5 saturated carbocycles. The van der Waals surface area contributed by atoms with Crippen molar-refractivity contribution in [3.63, 3.8) is 0 Å². The van der Waals surface area contributed by atoms with Crippen molar-refractivity contribution in [1.82, 2.24) is 4.90 Å². The minimum absolute atomic E-state index is 0.0144. The Morgan fingerprint density at radius 2 is 1.64 bits per heavy atom. The maximum absolute atomic E-state index is 13.3. The number of esters is 1. The summed E-state index contributed by atoms with van der Waals surface area (Å²) in [4.78, 5) is 28.7. The van der Waals surface area contributed by atoms with E-state index in [2.05, 4.69) is 12.1 Å². The van der Waals surface area contributed by atoms with Crippen LogP contribution in [-0.4, -0.2) is 36.3 Å². The summed E-state index contributed by atoms with van der Waals surface area (Å²) in [5, 5.41) is 0. The molecule has 3 atom stereocenters. The van der Waals surface area contributed by atoms with Gasteiger partial charge >= 0.3 is 12.1 Å². The molecule has 2 aromatic carbocycles. The summed E-state index contributed by atoms with van der Waals surface area (Å²) in [7, 11) is 0. The van der Waals surface area contributed by atoms with E-state index in [9.17, 15) is 9.59 Å². The summed E-state index contributed by atoms with van der Waals surface area (Å²) in [5.41, 5.74) is 3.54. The summed E-state index contributed by atoms with van der Waals surface area (Å²) < 4.78 is 17.8. The van der Waals surface area contributed by atoms with Gasteiger partial charge in [-0.05, 0) is 117 Å². The Balaban J connectivity index is 0.957. The number of fused-ring (bicyclic) bond motifs is 1. The lowest BCUT2D eigenvalue weighted by Crippen LogP contribution is -2.62. The van der Waals surface area contributed by atoms with E-state index >= 15 is 0 Å². The van der Waals surface area contributed by atoms with E-state index in [1.54, 1.807) is 0 Å². The minimum Gasteiger partial charge on any atom is -0.457 e. The van der Waals surface area contributed by atoms with Crippen LogP contribution in [0.25, 0.3) is 0 Å². The van der Waals surface area contributed by atoms with Crippen LogP contribution in [0.3, 0.4) is 0 Å². The topological polar surface area (TPSA) is 65.1 Å². The van der Waals surface area contributed by atoms with Gasteiger partial charge in [-0.2, -0.15) is 0 Å². The zero-order valence-corrected chi connectivity index (χ0v) is 24.6. The number of benzene rings is 2. The molecular formula is C36H43NO5. The number of nitrogens with zero attached hydrogens (tertiary/aromatic N) is 1. The molecular weight excluding hydrogens is 526 g/mol. The molecule has 1 aliphatic heterocycles. The third-order valence-electron chi connectivity index (χ3n) is 12.1. The Kier molecular flexibility index (Phi) is 6.53. The number of amides is 1. The molecule has 42 heavy (non-hydrogen) atoms. The Labute approximate surface area is 249 Å². The van der Waals surface area contributed by atoms with Gasteiger partial charge in [0.05, 0.1) is 5.41 Å². The van der Waals surface area contributed by atoms with E-state index in [1.807, 2.05) is 41.3 Å². The highest BCUT2D eigenvalue weighted by atomic mass is 16.7. The van der Waals surface area contributed by atoms with Gasteiger partial charge < -0.3 is 19.1 Å². The highest BCUT2D eigenvalue weighted by Gasteiger charge is 2.56. The van der Waals surface area contributed by atoms with Gasteiger partial charge in [0.15, 0.2) is 0 Å². The maximum Gasteiger partial charge on any atom is 0.410 e. The first-order chi connectivity index (χ1) is 20.5. The van der Waals surface area contributed by atoms with Gasteiger partial charge in [0.25, 0.3) is 0 Å². The predicted molar refractivity (Wildman–Crippen MR) is 158 cm³/mol. The number of carbonyl (C=O) groups is 2. The van der Waals surface area contributed by atoms with E-state index in [1.165, 1.54) is 43.2 Å². The second-order valence-corrected chi connectivity index (χ2v) is 14.5. The summed E-state index contributed by atoms with van der Waals surface area (Å²) in [6, 6.07) is 16.5. The van der Waals surface area contributed by atoms with Crippen molar-refractivity contribution >= 4 is 12.1 Å². The molecule has 1 heterocycles. The number of ether oxygens (including phenoxy) is 3. The smallest absolute Gasteiger partial charge is 0.410 e. The maximum atomic E-state index is 13.3. The Bertz CT molecular complexity index is 1320. The van der Waals surface area contributed by atoms with E-state index in [-0.39, 0.29) is 35.7 Å². The van der Waals surface area contributed by atoms with E-state index in [0.29, 0.717) is 30.3 Å². The summed E-state index contributed by atoms with van der Waals surface area (Å²) >= 11 is 0. The Morgan fingerprint density at radius 3 is 2.40 bits per heavy atom. The lowest BCUT2D eigenvalue weighted by Gasteiger charge is -2.58. The molecule has 0 aromatic heterocycles. The monoisotopic (exact) mass is 569 g/mol. The van der Waals surface area contributed by atoms with Crippen molar-refractivity contribution < 1.29 is 23.8 Å². The molecule has 6 aliphatic carbocycles. The fraction of sp³-hybridized carbons (Fsp3) is 0.611. The van der Waals surface area contributed by atoms with Crippen LogP contribution in [0.5, 0.6) is 5.75 Å². The van der Waals surface area contributed by atoms with Gasteiger partial charge in [0.1, 0.15) is 12.4 Å². The van der Waals surface area contributed by atoms with Gasteiger partial charge in [0, 0.05) is 18.0 Å². The Morgan fingerprint density at radius 1 is 0.881 bits per heavy atom. The van der Waals surface area contributed by atoms with Crippen LogP contribution < -0.4 is 4.74 Å². The molecule has 7 aliphatic rings. The molecule has 6 nitrogen and oxygen atoms in total. The number of carbonyl (C=O) groups excluding carboxylic acids is 2. The normalized spacial score (nSPS) is 35.6. The first-order valence-electron chi connectivity index (χ1n) is 16.4. The average molecular weight is 570 g/mol. The minimum atomic E-state index is -0.256. The van der Waals surface area contributed by atoms with Crippen LogP contribution in [0, 0.1) is 29.1 Å². The molecule has 222 valence electrons. The zero-order valence-electron chi connectivity index (χ0n) is 24.6. The molecule has 2 aromatic rings. The third kappa shape index (κ3) is 4.43. The van der Waals surface area contributed by atoms with E-state index < -0.39 is 0 Å². The summed E-state index contributed by atoms with van der Waals surface area (Å²) in [6.45, 7) is 1.02. The van der Waals surface area contributed by atoms with Gasteiger partial charge in [0.2, 0.25) is 6.79 Å². The van der Waals surface area contributed by atoms with Crippen molar-refractivity contribution in [2.24, 2.45) is 29.1 Å². The second kappa shape index (κ2) is 10.3. The number of rotatable bonds is 6.